The summed E-state index contributed by atoms with van der Waals surface area (Å²) >= 11 is 1.57. The van der Waals surface area contributed by atoms with Gasteiger partial charge in [0.1, 0.15) is 0 Å². The zero-order valence-corrected chi connectivity index (χ0v) is 13.8. The minimum Gasteiger partial charge on any atom is -0.347 e. The minimum absolute atomic E-state index is 0.00939. The largest absolute Gasteiger partial charge is 0.347 e. The zero-order chi connectivity index (χ0) is 16.4. The summed E-state index contributed by atoms with van der Waals surface area (Å²) in [5, 5.41) is 10.9. The van der Waals surface area contributed by atoms with E-state index in [1.54, 1.807) is 17.5 Å². The maximum Gasteiger partial charge on any atom is 0.251 e. The third kappa shape index (κ3) is 3.69. The number of aromatic nitrogens is 1. The highest BCUT2D eigenvalue weighted by molar-refractivity contribution is 7.89. The summed E-state index contributed by atoms with van der Waals surface area (Å²) in [4.78, 5) is 18.6. The molecule has 2 heterocycles. The van der Waals surface area contributed by atoms with Crippen LogP contribution in [-0.2, 0) is 10.0 Å². The maximum atomic E-state index is 12.2. The van der Waals surface area contributed by atoms with Gasteiger partial charge >= 0.3 is 0 Å². The SMILES string of the molecule is NS(=O)(=O)c1ccc(C(=O)NC2CCN(c3nccs3)C2)cc1. The molecule has 1 aromatic carbocycles. The normalized spacial score (nSPS) is 18.1. The Hall–Kier alpha value is -1.97. The molecule has 1 fully saturated rings. The first-order valence-corrected chi connectivity index (χ1v) is 9.44. The Kier molecular flexibility index (Phi) is 4.33. The van der Waals surface area contributed by atoms with Crippen molar-refractivity contribution in [3.8, 4) is 0 Å². The molecule has 1 saturated heterocycles. The fraction of sp³-hybridized carbons (Fsp3) is 0.286. The molecule has 0 saturated carbocycles. The first-order valence-electron chi connectivity index (χ1n) is 7.01. The van der Waals surface area contributed by atoms with Crippen molar-refractivity contribution in [1.82, 2.24) is 10.3 Å². The Morgan fingerprint density at radius 3 is 2.70 bits per heavy atom. The van der Waals surface area contributed by atoms with Crippen molar-refractivity contribution in [1.29, 1.82) is 0 Å². The van der Waals surface area contributed by atoms with Crippen LogP contribution in [0, 0.1) is 0 Å². The van der Waals surface area contributed by atoms with Gasteiger partial charge in [0.25, 0.3) is 5.91 Å². The van der Waals surface area contributed by atoms with Crippen LogP contribution in [0.15, 0.2) is 40.7 Å². The lowest BCUT2D eigenvalue weighted by atomic mass is 10.2. The van der Waals surface area contributed by atoms with Gasteiger partial charge in [0.15, 0.2) is 5.13 Å². The molecule has 1 aliphatic heterocycles. The van der Waals surface area contributed by atoms with E-state index in [1.807, 2.05) is 5.38 Å². The number of thiazole rings is 1. The highest BCUT2D eigenvalue weighted by atomic mass is 32.2. The summed E-state index contributed by atoms with van der Waals surface area (Å²) in [7, 11) is -3.74. The lowest BCUT2D eigenvalue weighted by molar-refractivity contribution is 0.0940. The molecule has 3 rings (SSSR count). The number of amides is 1. The summed E-state index contributed by atoms with van der Waals surface area (Å²) in [5.74, 6) is -0.225. The lowest BCUT2D eigenvalue weighted by Crippen LogP contribution is -2.37. The fourth-order valence-corrected chi connectivity index (χ4v) is 3.68. The van der Waals surface area contributed by atoms with Crippen molar-refractivity contribution in [2.75, 3.05) is 18.0 Å². The van der Waals surface area contributed by atoms with Gasteiger partial charge < -0.3 is 10.2 Å². The van der Waals surface area contributed by atoms with Crippen molar-refractivity contribution < 1.29 is 13.2 Å². The van der Waals surface area contributed by atoms with E-state index in [-0.39, 0.29) is 16.8 Å². The van der Waals surface area contributed by atoms with Gasteiger partial charge in [0, 0.05) is 36.3 Å². The summed E-state index contributed by atoms with van der Waals surface area (Å²) in [5.41, 5.74) is 0.407. The van der Waals surface area contributed by atoms with Crippen molar-refractivity contribution in [2.45, 2.75) is 17.4 Å². The van der Waals surface area contributed by atoms with Crippen LogP contribution >= 0.6 is 11.3 Å². The van der Waals surface area contributed by atoms with Gasteiger partial charge in [-0.1, -0.05) is 0 Å². The number of carbonyl (C=O) groups is 1. The molecule has 9 heteroatoms. The van der Waals surface area contributed by atoms with Gasteiger partial charge in [-0.2, -0.15) is 0 Å². The second-order valence-electron chi connectivity index (χ2n) is 5.29. The fourth-order valence-electron chi connectivity index (χ4n) is 2.49. The zero-order valence-electron chi connectivity index (χ0n) is 12.2. The Bertz CT molecular complexity index is 788. The number of primary sulfonamides is 1. The number of nitrogens with two attached hydrogens (primary N) is 1. The van der Waals surface area contributed by atoms with Crippen molar-refractivity contribution in [3.63, 3.8) is 0 Å². The van der Waals surface area contributed by atoms with Gasteiger partial charge in [-0.3, -0.25) is 4.79 Å². The molecular weight excluding hydrogens is 336 g/mol. The van der Waals surface area contributed by atoms with E-state index >= 15 is 0 Å². The molecule has 1 unspecified atom stereocenters. The van der Waals surface area contributed by atoms with Crippen LogP contribution in [0.1, 0.15) is 16.8 Å². The monoisotopic (exact) mass is 352 g/mol. The van der Waals surface area contributed by atoms with Gasteiger partial charge in [-0.05, 0) is 30.7 Å². The predicted octanol–water partition coefficient (Wildman–Crippen LogP) is 0.799. The molecule has 3 N–H and O–H groups in total. The summed E-state index contributed by atoms with van der Waals surface area (Å²) in [6.45, 7) is 1.57. The highest BCUT2D eigenvalue weighted by Gasteiger charge is 2.25. The van der Waals surface area contributed by atoms with Crippen molar-refractivity contribution in [3.05, 3.63) is 41.4 Å². The number of carbonyl (C=O) groups excluding carboxylic acids is 1. The van der Waals surface area contributed by atoms with Crippen molar-refractivity contribution in [2.24, 2.45) is 5.14 Å². The van der Waals surface area contributed by atoms with Gasteiger partial charge in [0.2, 0.25) is 10.0 Å². The number of hydrogen-bond acceptors (Lipinski definition) is 6. The molecule has 0 radical (unpaired) electrons. The topological polar surface area (TPSA) is 105 Å². The first-order chi connectivity index (χ1) is 10.9. The van der Waals surface area contributed by atoms with E-state index in [2.05, 4.69) is 15.2 Å². The number of nitrogens with one attached hydrogen (secondary N) is 1. The molecule has 23 heavy (non-hydrogen) atoms. The molecule has 7 nitrogen and oxygen atoms in total. The van der Waals surface area contributed by atoms with Crippen LogP contribution in [0.25, 0.3) is 0 Å². The number of hydrogen-bond donors (Lipinski definition) is 2. The molecule has 2 aromatic rings. The maximum absolute atomic E-state index is 12.2. The van der Waals surface area contributed by atoms with Gasteiger partial charge in [0.05, 0.1) is 4.90 Å². The Morgan fingerprint density at radius 2 is 2.09 bits per heavy atom. The molecule has 0 spiro atoms. The van der Waals surface area contributed by atoms with E-state index in [0.717, 1.165) is 18.1 Å². The van der Waals surface area contributed by atoms with E-state index in [0.29, 0.717) is 12.1 Å². The van der Waals surface area contributed by atoms with Crippen LogP contribution < -0.4 is 15.4 Å². The average Bonchev–Trinajstić information content (AvgIpc) is 3.17. The van der Waals surface area contributed by atoms with E-state index in [9.17, 15) is 13.2 Å². The van der Waals surface area contributed by atoms with Gasteiger partial charge in [-0.15, -0.1) is 11.3 Å². The number of benzene rings is 1. The predicted molar refractivity (Wildman–Crippen MR) is 88.0 cm³/mol. The third-order valence-corrected chi connectivity index (χ3v) is 5.42. The number of anilines is 1. The molecule has 1 aromatic heterocycles. The number of nitrogens with zero attached hydrogens (tertiary/aromatic N) is 2. The Balaban J connectivity index is 1.61. The van der Waals surface area contributed by atoms with E-state index < -0.39 is 10.0 Å². The summed E-state index contributed by atoms with van der Waals surface area (Å²) in [6.07, 6.45) is 2.61. The molecule has 1 amide bonds. The van der Waals surface area contributed by atoms with Crippen LogP contribution in [0.4, 0.5) is 5.13 Å². The van der Waals surface area contributed by atoms with Crippen molar-refractivity contribution >= 4 is 32.4 Å². The molecule has 1 atom stereocenters. The Morgan fingerprint density at radius 1 is 1.35 bits per heavy atom. The van der Waals surface area contributed by atoms with Crippen LogP contribution in [-0.4, -0.2) is 38.4 Å². The summed E-state index contributed by atoms with van der Waals surface area (Å²) < 4.78 is 22.4. The number of rotatable bonds is 4. The standard InChI is InChI=1S/C14H16N4O3S2/c15-23(20,21)12-3-1-10(2-4-12)13(19)17-11-5-7-18(9-11)14-16-6-8-22-14/h1-4,6,8,11H,5,7,9H2,(H,17,19)(H2,15,20,21). The lowest BCUT2D eigenvalue weighted by Gasteiger charge is -2.15. The summed E-state index contributed by atoms with van der Waals surface area (Å²) in [6, 6.07) is 5.64. The van der Waals surface area contributed by atoms with E-state index in [1.165, 1.54) is 24.3 Å². The molecule has 0 aliphatic carbocycles. The van der Waals surface area contributed by atoms with E-state index in [4.69, 9.17) is 5.14 Å². The van der Waals surface area contributed by atoms with Crippen LogP contribution in [0.3, 0.4) is 0 Å². The average molecular weight is 352 g/mol. The molecular formula is C14H16N4O3S2. The molecule has 0 bridgehead atoms. The second kappa shape index (κ2) is 6.26. The smallest absolute Gasteiger partial charge is 0.251 e. The quantitative estimate of drug-likeness (QED) is 0.847. The molecule has 122 valence electrons. The first kappa shape index (κ1) is 15.9. The van der Waals surface area contributed by atoms with Gasteiger partial charge in [-0.25, -0.2) is 18.5 Å². The Labute approximate surface area is 138 Å². The minimum atomic E-state index is -3.74. The van der Waals surface area contributed by atoms with Crippen LogP contribution in [0.2, 0.25) is 0 Å². The molecule has 1 aliphatic rings. The van der Waals surface area contributed by atoms with Crippen LogP contribution in [0.5, 0.6) is 0 Å². The highest BCUT2D eigenvalue weighted by Crippen LogP contribution is 2.22. The number of sulfonamides is 1. The third-order valence-electron chi connectivity index (χ3n) is 3.66. The second-order valence-corrected chi connectivity index (χ2v) is 7.72.